The minimum Gasteiger partial charge on any atom is -0.362 e. The number of hydrogen-bond acceptors (Lipinski definition) is 4. The van der Waals surface area contributed by atoms with E-state index in [-0.39, 0.29) is 0 Å². The highest BCUT2D eigenvalue weighted by Gasteiger charge is 2.29. The van der Waals surface area contributed by atoms with E-state index in [1.165, 1.54) is 43.0 Å². The van der Waals surface area contributed by atoms with Crippen LogP contribution in [-0.4, -0.2) is 48.5 Å². The minimum atomic E-state index is 0.527. The van der Waals surface area contributed by atoms with Gasteiger partial charge in [-0.3, -0.25) is 4.99 Å². The van der Waals surface area contributed by atoms with E-state index in [2.05, 4.69) is 31.2 Å². The fourth-order valence-electron chi connectivity index (χ4n) is 2.74. The fourth-order valence-corrected chi connectivity index (χ4v) is 4.00. The molecule has 3 unspecified atom stereocenters. The van der Waals surface area contributed by atoms with Crippen LogP contribution in [0.4, 0.5) is 0 Å². The highest BCUT2D eigenvalue weighted by Crippen LogP contribution is 2.33. The second kappa shape index (κ2) is 6.80. The minimum absolute atomic E-state index is 0.527. The summed E-state index contributed by atoms with van der Waals surface area (Å²) in [6.07, 6.45) is 6.67. The summed E-state index contributed by atoms with van der Waals surface area (Å²) in [5.41, 5.74) is 0. The Balaban J connectivity index is 1.80. The first-order valence-corrected chi connectivity index (χ1v) is 8.25. The molecule has 4 heteroatoms. The number of amidine groups is 1. The van der Waals surface area contributed by atoms with E-state index in [4.69, 9.17) is 4.99 Å². The van der Waals surface area contributed by atoms with Gasteiger partial charge in [0.2, 0.25) is 0 Å². The van der Waals surface area contributed by atoms with E-state index in [0.717, 1.165) is 12.5 Å². The Morgan fingerprint density at radius 1 is 1.39 bits per heavy atom. The van der Waals surface area contributed by atoms with Crippen molar-refractivity contribution < 1.29 is 0 Å². The van der Waals surface area contributed by atoms with E-state index in [1.807, 2.05) is 11.8 Å². The highest BCUT2D eigenvalue weighted by atomic mass is 32.2. The molecule has 1 aliphatic carbocycles. The van der Waals surface area contributed by atoms with Gasteiger partial charge in [-0.1, -0.05) is 24.6 Å². The van der Waals surface area contributed by atoms with Crippen LogP contribution in [0.2, 0.25) is 0 Å². The van der Waals surface area contributed by atoms with Gasteiger partial charge in [-0.15, -0.1) is 0 Å². The summed E-state index contributed by atoms with van der Waals surface area (Å²) in [5.74, 6) is 2.13. The molecule has 1 heterocycles. The second-order valence-corrected chi connectivity index (χ2v) is 7.00. The van der Waals surface area contributed by atoms with Crippen molar-refractivity contribution in [2.75, 3.05) is 26.4 Å². The van der Waals surface area contributed by atoms with Crippen LogP contribution in [0.1, 0.15) is 39.0 Å². The number of aliphatic imine (C=N–C) groups is 1. The molecule has 18 heavy (non-hydrogen) atoms. The normalized spacial score (nSPS) is 29.7. The molecule has 2 rings (SSSR count). The first-order chi connectivity index (χ1) is 8.65. The van der Waals surface area contributed by atoms with Gasteiger partial charge in [0.25, 0.3) is 0 Å². The average molecular weight is 269 g/mol. The molecule has 0 radical (unpaired) electrons. The van der Waals surface area contributed by atoms with Gasteiger partial charge in [-0.05, 0) is 52.7 Å². The zero-order chi connectivity index (χ0) is 13.0. The zero-order valence-electron chi connectivity index (χ0n) is 12.0. The maximum atomic E-state index is 4.93. The van der Waals surface area contributed by atoms with Gasteiger partial charge in [-0.25, -0.2) is 0 Å². The summed E-state index contributed by atoms with van der Waals surface area (Å²) in [6, 6.07) is 1.14. The molecule has 0 aromatic rings. The van der Waals surface area contributed by atoms with E-state index >= 15 is 0 Å². The zero-order valence-corrected chi connectivity index (χ0v) is 12.8. The van der Waals surface area contributed by atoms with Gasteiger partial charge in [0.15, 0.2) is 5.17 Å². The van der Waals surface area contributed by atoms with Gasteiger partial charge in [0.1, 0.15) is 0 Å². The van der Waals surface area contributed by atoms with Gasteiger partial charge in [0, 0.05) is 11.8 Å². The lowest BCUT2D eigenvalue weighted by molar-refractivity contribution is 0.334. The lowest BCUT2D eigenvalue weighted by Crippen LogP contribution is -2.39. The summed E-state index contributed by atoms with van der Waals surface area (Å²) in [5, 5.41) is 4.79. The third-order valence-electron chi connectivity index (χ3n) is 3.97. The molecule has 0 saturated heterocycles. The Labute approximate surface area is 116 Å². The molecule has 1 saturated carbocycles. The van der Waals surface area contributed by atoms with E-state index in [1.54, 1.807) is 0 Å². The van der Waals surface area contributed by atoms with Gasteiger partial charge >= 0.3 is 0 Å². The standard InChI is InChI=1S/C14H27N3S/c1-11(8-9-17(2)3)15-14-16-13-7-5-4-6-12(13)10-18-14/h11-13H,4-10H2,1-3H3,(H,15,16). The molecular formula is C14H27N3S. The maximum absolute atomic E-state index is 4.93. The summed E-state index contributed by atoms with van der Waals surface area (Å²) in [6.45, 7) is 3.40. The molecule has 1 fully saturated rings. The Bertz CT molecular complexity index is 291. The Morgan fingerprint density at radius 3 is 2.94 bits per heavy atom. The maximum Gasteiger partial charge on any atom is 0.157 e. The summed E-state index contributed by atoms with van der Waals surface area (Å²) < 4.78 is 0. The van der Waals surface area contributed by atoms with Crippen molar-refractivity contribution >= 4 is 16.9 Å². The largest absolute Gasteiger partial charge is 0.362 e. The number of nitrogens with one attached hydrogen (secondary N) is 1. The monoisotopic (exact) mass is 269 g/mol. The third-order valence-corrected chi connectivity index (χ3v) is 5.06. The van der Waals surface area contributed by atoms with Gasteiger partial charge in [-0.2, -0.15) is 0 Å². The van der Waals surface area contributed by atoms with Crippen LogP contribution in [0, 0.1) is 5.92 Å². The van der Waals surface area contributed by atoms with Crippen LogP contribution in [0.25, 0.3) is 0 Å². The predicted molar refractivity (Wildman–Crippen MR) is 81.4 cm³/mol. The average Bonchev–Trinajstić information content (AvgIpc) is 2.36. The van der Waals surface area contributed by atoms with Gasteiger partial charge in [0.05, 0.1) is 6.04 Å². The van der Waals surface area contributed by atoms with Crippen molar-refractivity contribution in [3.8, 4) is 0 Å². The highest BCUT2D eigenvalue weighted by molar-refractivity contribution is 8.13. The first kappa shape index (κ1) is 14.2. The third kappa shape index (κ3) is 4.16. The van der Waals surface area contributed by atoms with Crippen molar-refractivity contribution in [3.63, 3.8) is 0 Å². The molecule has 0 bridgehead atoms. The van der Waals surface area contributed by atoms with Crippen LogP contribution in [0.5, 0.6) is 0 Å². The van der Waals surface area contributed by atoms with Crippen molar-refractivity contribution in [2.24, 2.45) is 10.9 Å². The fraction of sp³-hybridized carbons (Fsp3) is 0.929. The molecule has 0 aromatic carbocycles. The Hall–Kier alpha value is -0.220. The van der Waals surface area contributed by atoms with Crippen LogP contribution in [0.3, 0.4) is 0 Å². The number of fused-ring (bicyclic) bond motifs is 1. The molecule has 1 aliphatic heterocycles. The molecule has 0 aromatic heterocycles. The molecule has 0 amide bonds. The van der Waals surface area contributed by atoms with Crippen LogP contribution < -0.4 is 5.32 Å². The van der Waals surface area contributed by atoms with Crippen molar-refractivity contribution in [1.29, 1.82) is 0 Å². The SMILES string of the molecule is CC(CCN(C)C)NC1=NC2CCCCC2CS1. The molecule has 0 spiro atoms. The van der Waals surface area contributed by atoms with Crippen molar-refractivity contribution in [2.45, 2.75) is 51.1 Å². The molecule has 104 valence electrons. The Morgan fingerprint density at radius 2 is 2.17 bits per heavy atom. The number of nitrogens with zero attached hydrogens (tertiary/aromatic N) is 2. The van der Waals surface area contributed by atoms with Crippen LogP contribution in [0.15, 0.2) is 4.99 Å². The molecular weight excluding hydrogens is 242 g/mol. The molecule has 1 N–H and O–H groups in total. The number of rotatable bonds is 4. The van der Waals surface area contributed by atoms with Gasteiger partial charge < -0.3 is 10.2 Å². The topological polar surface area (TPSA) is 27.6 Å². The summed E-state index contributed by atoms with van der Waals surface area (Å²) in [4.78, 5) is 7.17. The van der Waals surface area contributed by atoms with Crippen molar-refractivity contribution in [3.05, 3.63) is 0 Å². The van der Waals surface area contributed by atoms with E-state index < -0.39 is 0 Å². The number of hydrogen-bond donors (Lipinski definition) is 1. The Kier molecular flexibility index (Phi) is 5.37. The number of thioether (sulfide) groups is 1. The predicted octanol–water partition coefficient (Wildman–Crippen LogP) is 2.58. The second-order valence-electron chi connectivity index (χ2n) is 5.99. The van der Waals surface area contributed by atoms with Crippen LogP contribution in [-0.2, 0) is 0 Å². The molecule has 3 nitrogen and oxygen atoms in total. The van der Waals surface area contributed by atoms with E-state index in [0.29, 0.717) is 12.1 Å². The molecule has 3 atom stereocenters. The smallest absolute Gasteiger partial charge is 0.157 e. The quantitative estimate of drug-likeness (QED) is 0.850. The lowest BCUT2D eigenvalue weighted by atomic mass is 9.86. The van der Waals surface area contributed by atoms with Crippen molar-refractivity contribution in [1.82, 2.24) is 10.2 Å². The summed E-state index contributed by atoms with van der Waals surface area (Å²) >= 11 is 1.94. The lowest BCUT2D eigenvalue weighted by Gasteiger charge is -2.33. The van der Waals surface area contributed by atoms with Crippen LogP contribution >= 0.6 is 11.8 Å². The van der Waals surface area contributed by atoms with E-state index in [9.17, 15) is 0 Å². The first-order valence-electron chi connectivity index (χ1n) is 7.27. The summed E-state index contributed by atoms with van der Waals surface area (Å²) in [7, 11) is 4.26. The molecule has 2 aliphatic rings.